The molecular weight excluding hydrogens is 366 g/mol. The number of nitrogens with zero attached hydrogens (tertiary/aromatic N) is 1. The summed E-state index contributed by atoms with van der Waals surface area (Å²) in [6.45, 7) is 4.06. The average Bonchev–Trinajstić information content (AvgIpc) is 2.72. The van der Waals surface area contributed by atoms with Gasteiger partial charge in [-0.1, -0.05) is 36.4 Å². The molecule has 0 saturated heterocycles. The summed E-state index contributed by atoms with van der Waals surface area (Å²) in [5.74, 6) is -0.0448. The van der Waals surface area contributed by atoms with Crippen LogP contribution < -0.4 is 10.6 Å². The van der Waals surface area contributed by atoms with Gasteiger partial charge in [0.15, 0.2) is 0 Å². The summed E-state index contributed by atoms with van der Waals surface area (Å²) < 4.78 is 5.08. The number of benzene rings is 2. The van der Waals surface area contributed by atoms with E-state index in [9.17, 15) is 9.59 Å². The first-order chi connectivity index (χ1) is 14.1. The number of aryl methyl sites for hydroxylation is 1. The van der Waals surface area contributed by atoms with E-state index < -0.39 is 0 Å². The standard InChI is InChI=1S/C23H23N3O3/c1-3-29-23(28)19-10-6-7-11-20(19)25-18-12-13-21(24-15-18)26-22(27)14-17-9-5-4-8-16(17)2/h4-13,15,25H,3,14H2,1-2H3,(H,24,26,27). The number of ether oxygens (including phenoxy) is 1. The lowest BCUT2D eigenvalue weighted by molar-refractivity contribution is -0.115. The van der Waals surface area contributed by atoms with Gasteiger partial charge in [0.05, 0.1) is 36.2 Å². The van der Waals surface area contributed by atoms with Gasteiger partial charge in [0.2, 0.25) is 5.91 Å². The molecule has 6 heteroatoms. The van der Waals surface area contributed by atoms with Gasteiger partial charge in [-0.3, -0.25) is 4.79 Å². The second-order valence-corrected chi connectivity index (χ2v) is 6.47. The molecule has 148 valence electrons. The number of esters is 1. The lowest BCUT2D eigenvalue weighted by atomic mass is 10.1. The SMILES string of the molecule is CCOC(=O)c1ccccc1Nc1ccc(NC(=O)Cc2ccccc2C)nc1. The highest BCUT2D eigenvalue weighted by molar-refractivity contribution is 5.96. The van der Waals surface area contributed by atoms with Gasteiger partial charge < -0.3 is 15.4 Å². The van der Waals surface area contributed by atoms with Gasteiger partial charge in [0, 0.05) is 0 Å². The number of nitrogens with one attached hydrogen (secondary N) is 2. The number of carbonyl (C=O) groups excluding carboxylic acids is 2. The molecule has 0 spiro atoms. The zero-order valence-corrected chi connectivity index (χ0v) is 16.4. The summed E-state index contributed by atoms with van der Waals surface area (Å²) in [5.41, 5.74) is 3.84. The summed E-state index contributed by atoms with van der Waals surface area (Å²) in [6, 6.07) is 18.4. The highest BCUT2D eigenvalue weighted by atomic mass is 16.5. The van der Waals surface area contributed by atoms with Gasteiger partial charge in [-0.05, 0) is 49.2 Å². The topological polar surface area (TPSA) is 80.3 Å². The third kappa shape index (κ3) is 5.42. The molecule has 0 unspecified atom stereocenters. The quantitative estimate of drug-likeness (QED) is 0.582. The number of rotatable bonds is 7. The average molecular weight is 389 g/mol. The highest BCUT2D eigenvalue weighted by Gasteiger charge is 2.12. The smallest absolute Gasteiger partial charge is 0.340 e. The number of amides is 1. The molecule has 0 fully saturated rings. The van der Waals surface area contributed by atoms with Crippen LogP contribution in [0.25, 0.3) is 0 Å². The van der Waals surface area contributed by atoms with Crippen LogP contribution in [0.5, 0.6) is 0 Å². The van der Waals surface area contributed by atoms with E-state index in [1.807, 2.05) is 37.3 Å². The molecule has 1 amide bonds. The molecule has 6 nitrogen and oxygen atoms in total. The lowest BCUT2D eigenvalue weighted by Gasteiger charge is -2.12. The second-order valence-electron chi connectivity index (χ2n) is 6.47. The Morgan fingerprint density at radius 3 is 2.48 bits per heavy atom. The Morgan fingerprint density at radius 1 is 1.00 bits per heavy atom. The number of para-hydroxylation sites is 1. The van der Waals surface area contributed by atoms with Crippen LogP contribution in [0.1, 0.15) is 28.4 Å². The molecule has 0 aliphatic carbocycles. The fourth-order valence-electron chi connectivity index (χ4n) is 2.84. The normalized spacial score (nSPS) is 10.3. The van der Waals surface area contributed by atoms with E-state index >= 15 is 0 Å². The Kier molecular flexibility index (Phi) is 6.58. The number of anilines is 3. The molecule has 0 atom stereocenters. The summed E-state index contributed by atoms with van der Waals surface area (Å²) in [7, 11) is 0. The summed E-state index contributed by atoms with van der Waals surface area (Å²) in [4.78, 5) is 28.6. The van der Waals surface area contributed by atoms with E-state index in [2.05, 4.69) is 15.6 Å². The first-order valence-corrected chi connectivity index (χ1v) is 9.40. The number of hydrogen-bond donors (Lipinski definition) is 2. The molecule has 0 radical (unpaired) electrons. The molecule has 2 aromatic carbocycles. The predicted molar refractivity (Wildman–Crippen MR) is 113 cm³/mol. The first kappa shape index (κ1) is 20.1. The monoisotopic (exact) mass is 389 g/mol. The first-order valence-electron chi connectivity index (χ1n) is 9.40. The van der Waals surface area contributed by atoms with Crippen molar-refractivity contribution in [3.8, 4) is 0 Å². The molecule has 3 rings (SSSR count). The molecule has 0 aliphatic rings. The molecule has 3 aromatic rings. The fraction of sp³-hybridized carbons (Fsp3) is 0.174. The van der Waals surface area contributed by atoms with Gasteiger partial charge in [-0.15, -0.1) is 0 Å². The van der Waals surface area contributed by atoms with Crippen molar-refractivity contribution < 1.29 is 14.3 Å². The Bertz CT molecular complexity index is 1000. The van der Waals surface area contributed by atoms with Crippen LogP contribution >= 0.6 is 0 Å². The van der Waals surface area contributed by atoms with Crippen LogP contribution in [0.2, 0.25) is 0 Å². The molecule has 0 saturated carbocycles. The maximum Gasteiger partial charge on any atom is 0.340 e. The largest absolute Gasteiger partial charge is 0.462 e. The maximum atomic E-state index is 12.3. The van der Waals surface area contributed by atoms with Gasteiger partial charge in [-0.25, -0.2) is 9.78 Å². The Balaban J connectivity index is 1.64. The summed E-state index contributed by atoms with van der Waals surface area (Å²) in [6.07, 6.45) is 1.90. The van der Waals surface area contributed by atoms with Crippen molar-refractivity contribution >= 4 is 29.1 Å². The van der Waals surface area contributed by atoms with E-state index in [4.69, 9.17) is 4.74 Å². The third-order valence-corrected chi connectivity index (χ3v) is 4.34. The minimum Gasteiger partial charge on any atom is -0.462 e. The zero-order valence-electron chi connectivity index (χ0n) is 16.4. The minimum atomic E-state index is -0.386. The van der Waals surface area contributed by atoms with E-state index in [-0.39, 0.29) is 11.9 Å². The van der Waals surface area contributed by atoms with Gasteiger partial charge in [-0.2, -0.15) is 0 Å². The Hall–Kier alpha value is -3.67. The van der Waals surface area contributed by atoms with Gasteiger partial charge >= 0.3 is 5.97 Å². The maximum absolute atomic E-state index is 12.3. The molecule has 2 N–H and O–H groups in total. The lowest BCUT2D eigenvalue weighted by Crippen LogP contribution is -2.15. The second kappa shape index (κ2) is 9.50. The molecule has 0 bridgehead atoms. The minimum absolute atomic E-state index is 0.125. The van der Waals surface area contributed by atoms with Crippen LogP contribution in [0.15, 0.2) is 66.9 Å². The third-order valence-electron chi connectivity index (χ3n) is 4.34. The van der Waals surface area contributed by atoms with E-state index in [0.29, 0.717) is 35.8 Å². The van der Waals surface area contributed by atoms with Gasteiger partial charge in [0.25, 0.3) is 0 Å². The van der Waals surface area contributed by atoms with Crippen molar-refractivity contribution in [2.75, 3.05) is 17.2 Å². The van der Waals surface area contributed by atoms with Crippen LogP contribution in [-0.4, -0.2) is 23.5 Å². The van der Waals surface area contributed by atoms with Crippen molar-refractivity contribution in [1.82, 2.24) is 4.98 Å². The Labute approximate surface area is 169 Å². The van der Waals surface area contributed by atoms with Crippen molar-refractivity contribution in [2.45, 2.75) is 20.3 Å². The van der Waals surface area contributed by atoms with Crippen LogP contribution in [0.3, 0.4) is 0 Å². The summed E-state index contributed by atoms with van der Waals surface area (Å²) >= 11 is 0. The molecular formula is C23H23N3O3. The number of pyridine rings is 1. The van der Waals surface area contributed by atoms with Crippen molar-refractivity contribution in [3.05, 3.63) is 83.6 Å². The van der Waals surface area contributed by atoms with Crippen molar-refractivity contribution in [3.63, 3.8) is 0 Å². The van der Waals surface area contributed by atoms with E-state index in [0.717, 1.165) is 11.1 Å². The molecule has 1 aromatic heterocycles. The van der Waals surface area contributed by atoms with Crippen molar-refractivity contribution in [2.24, 2.45) is 0 Å². The number of hydrogen-bond acceptors (Lipinski definition) is 5. The fourth-order valence-corrected chi connectivity index (χ4v) is 2.84. The van der Waals surface area contributed by atoms with Crippen LogP contribution in [-0.2, 0) is 16.0 Å². The molecule has 29 heavy (non-hydrogen) atoms. The van der Waals surface area contributed by atoms with E-state index in [1.54, 1.807) is 43.5 Å². The van der Waals surface area contributed by atoms with Crippen LogP contribution in [0.4, 0.5) is 17.2 Å². The van der Waals surface area contributed by atoms with Crippen LogP contribution in [0, 0.1) is 6.92 Å². The predicted octanol–water partition coefficient (Wildman–Crippen LogP) is 4.49. The highest BCUT2D eigenvalue weighted by Crippen LogP contribution is 2.22. The van der Waals surface area contributed by atoms with Crippen molar-refractivity contribution in [1.29, 1.82) is 0 Å². The molecule has 0 aliphatic heterocycles. The van der Waals surface area contributed by atoms with E-state index in [1.165, 1.54) is 0 Å². The Morgan fingerprint density at radius 2 is 1.76 bits per heavy atom. The zero-order chi connectivity index (χ0) is 20.6. The number of aromatic nitrogens is 1. The van der Waals surface area contributed by atoms with Gasteiger partial charge in [0.1, 0.15) is 5.82 Å². The number of carbonyl (C=O) groups is 2. The molecule has 1 heterocycles. The summed E-state index contributed by atoms with van der Waals surface area (Å²) in [5, 5.41) is 5.97.